The Balaban J connectivity index is 0.00000144. The van der Waals surface area contributed by atoms with Crippen molar-refractivity contribution in [2.45, 2.75) is 12.8 Å². The van der Waals surface area contributed by atoms with Gasteiger partial charge in [-0.05, 0) is 25.0 Å². The van der Waals surface area contributed by atoms with Gasteiger partial charge in [0.1, 0.15) is 0 Å². The topological polar surface area (TPSA) is 64.3 Å². The molecule has 3 N–H and O–H groups in total. The fourth-order valence-corrected chi connectivity index (χ4v) is 1.79. The molecule has 1 atom stereocenters. The molecule has 1 unspecified atom stereocenters. The van der Waals surface area contributed by atoms with Crippen molar-refractivity contribution in [1.82, 2.24) is 0 Å². The number of rotatable bonds is 2. The van der Waals surface area contributed by atoms with Gasteiger partial charge in [0, 0.05) is 6.61 Å². The van der Waals surface area contributed by atoms with Crippen LogP contribution >= 0.6 is 12.4 Å². The van der Waals surface area contributed by atoms with E-state index in [4.69, 9.17) is 10.5 Å². The minimum Gasteiger partial charge on any atom is -0.397 e. The molecule has 0 saturated carbocycles. The van der Waals surface area contributed by atoms with E-state index >= 15 is 0 Å². The highest BCUT2D eigenvalue weighted by molar-refractivity contribution is 5.95. The van der Waals surface area contributed by atoms with Crippen molar-refractivity contribution >= 4 is 29.7 Å². The number of nitrogen functional groups attached to an aromatic ring is 1. The minimum atomic E-state index is -0.0478. The van der Waals surface area contributed by atoms with Gasteiger partial charge in [-0.1, -0.05) is 12.1 Å². The van der Waals surface area contributed by atoms with Gasteiger partial charge in [-0.3, -0.25) is 4.79 Å². The Kier molecular flexibility index (Phi) is 5.25. The summed E-state index contributed by atoms with van der Waals surface area (Å²) >= 11 is 0. The smallest absolute Gasteiger partial charge is 0.229 e. The third kappa shape index (κ3) is 3.61. The predicted molar refractivity (Wildman–Crippen MR) is 70.3 cm³/mol. The maximum Gasteiger partial charge on any atom is 0.229 e. The second kappa shape index (κ2) is 6.47. The third-order valence-corrected chi connectivity index (χ3v) is 2.75. The summed E-state index contributed by atoms with van der Waals surface area (Å²) in [5, 5.41) is 2.84. The van der Waals surface area contributed by atoms with Crippen LogP contribution in [-0.2, 0) is 9.53 Å². The minimum absolute atomic E-state index is 0. The zero-order valence-corrected chi connectivity index (χ0v) is 10.3. The molecule has 1 aromatic carbocycles. The summed E-state index contributed by atoms with van der Waals surface area (Å²) < 4.78 is 5.28. The van der Waals surface area contributed by atoms with Crippen LogP contribution in [0.25, 0.3) is 0 Å². The van der Waals surface area contributed by atoms with Gasteiger partial charge in [-0.2, -0.15) is 0 Å². The van der Waals surface area contributed by atoms with Crippen LogP contribution in [0.2, 0.25) is 0 Å². The standard InChI is InChI=1S/C12H16N2O2.ClH/c13-10-5-1-2-6-11(10)14-12(15)9-4-3-7-16-8-9;/h1-2,5-6,9H,3-4,7-8,13H2,(H,14,15);1H. The van der Waals surface area contributed by atoms with E-state index in [0.29, 0.717) is 18.0 Å². The van der Waals surface area contributed by atoms with E-state index in [-0.39, 0.29) is 24.2 Å². The van der Waals surface area contributed by atoms with Crippen molar-refractivity contribution in [2.75, 3.05) is 24.3 Å². The van der Waals surface area contributed by atoms with E-state index in [0.717, 1.165) is 19.4 Å². The summed E-state index contributed by atoms with van der Waals surface area (Å²) in [4.78, 5) is 11.9. The molecular weight excluding hydrogens is 240 g/mol. The summed E-state index contributed by atoms with van der Waals surface area (Å²) in [6, 6.07) is 7.27. The Morgan fingerprint density at radius 1 is 1.41 bits per heavy atom. The van der Waals surface area contributed by atoms with E-state index in [9.17, 15) is 4.79 Å². The van der Waals surface area contributed by atoms with Crippen LogP contribution in [0.5, 0.6) is 0 Å². The van der Waals surface area contributed by atoms with Crippen LogP contribution in [0.4, 0.5) is 11.4 Å². The first kappa shape index (κ1) is 13.8. The van der Waals surface area contributed by atoms with Crippen LogP contribution < -0.4 is 11.1 Å². The maximum absolute atomic E-state index is 11.9. The summed E-state index contributed by atoms with van der Waals surface area (Å²) in [6.07, 6.45) is 1.83. The number of carbonyl (C=O) groups is 1. The Morgan fingerprint density at radius 3 is 2.82 bits per heavy atom. The fraction of sp³-hybridized carbons (Fsp3) is 0.417. The second-order valence-electron chi connectivity index (χ2n) is 3.99. The van der Waals surface area contributed by atoms with Gasteiger partial charge in [0.05, 0.1) is 23.9 Å². The largest absolute Gasteiger partial charge is 0.397 e. The molecule has 5 heteroatoms. The lowest BCUT2D eigenvalue weighted by atomic mass is 10.0. The number of para-hydroxylation sites is 2. The fourth-order valence-electron chi connectivity index (χ4n) is 1.79. The number of anilines is 2. The van der Waals surface area contributed by atoms with E-state index in [1.165, 1.54) is 0 Å². The molecule has 1 aliphatic rings. The van der Waals surface area contributed by atoms with Gasteiger partial charge in [0.2, 0.25) is 5.91 Å². The summed E-state index contributed by atoms with van der Waals surface area (Å²) in [6.45, 7) is 1.27. The monoisotopic (exact) mass is 256 g/mol. The van der Waals surface area contributed by atoms with Crippen molar-refractivity contribution in [1.29, 1.82) is 0 Å². The molecule has 0 radical (unpaired) electrons. The number of ether oxygens (including phenoxy) is 1. The Hall–Kier alpha value is -1.26. The molecule has 17 heavy (non-hydrogen) atoms. The van der Waals surface area contributed by atoms with Gasteiger partial charge < -0.3 is 15.8 Å². The molecule has 1 aromatic rings. The molecule has 1 heterocycles. The first-order valence-electron chi connectivity index (χ1n) is 5.50. The van der Waals surface area contributed by atoms with Gasteiger partial charge in [-0.15, -0.1) is 12.4 Å². The summed E-state index contributed by atoms with van der Waals surface area (Å²) in [7, 11) is 0. The molecule has 0 bridgehead atoms. The average Bonchev–Trinajstić information content (AvgIpc) is 2.33. The van der Waals surface area contributed by atoms with Gasteiger partial charge in [0.15, 0.2) is 0 Å². The Morgan fingerprint density at radius 2 is 2.18 bits per heavy atom. The lowest BCUT2D eigenvalue weighted by Crippen LogP contribution is -2.30. The molecule has 0 aliphatic carbocycles. The number of halogens is 1. The number of hydrogen-bond acceptors (Lipinski definition) is 3. The number of hydrogen-bond donors (Lipinski definition) is 2. The number of carbonyl (C=O) groups excluding carboxylic acids is 1. The molecular formula is C12H17ClN2O2. The number of amides is 1. The van der Waals surface area contributed by atoms with Crippen LogP contribution in [0.15, 0.2) is 24.3 Å². The number of benzene rings is 1. The average molecular weight is 257 g/mol. The lowest BCUT2D eigenvalue weighted by Gasteiger charge is -2.21. The van der Waals surface area contributed by atoms with Gasteiger partial charge >= 0.3 is 0 Å². The molecule has 1 aliphatic heterocycles. The van der Waals surface area contributed by atoms with Crippen molar-refractivity contribution in [3.63, 3.8) is 0 Å². The molecule has 2 rings (SSSR count). The molecule has 1 saturated heterocycles. The second-order valence-corrected chi connectivity index (χ2v) is 3.99. The molecule has 0 aromatic heterocycles. The number of nitrogens with two attached hydrogens (primary N) is 1. The highest BCUT2D eigenvalue weighted by atomic mass is 35.5. The van der Waals surface area contributed by atoms with Crippen molar-refractivity contribution in [2.24, 2.45) is 5.92 Å². The first-order chi connectivity index (χ1) is 7.77. The lowest BCUT2D eigenvalue weighted by molar-refractivity contribution is -0.123. The van der Waals surface area contributed by atoms with E-state index in [1.807, 2.05) is 12.1 Å². The molecule has 1 fully saturated rings. The van der Waals surface area contributed by atoms with E-state index < -0.39 is 0 Å². The third-order valence-electron chi connectivity index (χ3n) is 2.75. The Bertz CT molecular complexity index is 379. The van der Waals surface area contributed by atoms with Crippen LogP contribution in [0.1, 0.15) is 12.8 Å². The van der Waals surface area contributed by atoms with Crippen LogP contribution in [-0.4, -0.2) is 19.1 Å². The number of nitrogens with one attached hydrogen (secondary N) is 1. The Labute approximate surface area is 107 Å². The quantitative estimate of drug-likeness (QED) is 0.796. The SMILES string of the molecule is Cl.Nc1ccccc1NC(=O)C1CCCOC1. The molecule has 1 amide bonds. The molecule has 4 nitrogen and oxygen atoms in total. The van der Waals surface area contributed by atoms with E-state index in [2.05, 4.69) is 5.32 Å². The maximum atomic E-state index is 11.9. The van der Waals surface area contributed by atoms with Gasteiger partial charge in [0.25, 0.3) is 0 Å². The van der Waals surface area contributed by atoms with Crippen molar-refractivity contribution in [3.8, 4) is 0 Å². The predicted octanol–water partition coefficient (Wildman–Crippen LogP) is 2.06. The zero-order valence-electron chi connectivity index (χ0n) is 9.52. The van der Waals surface area contributed by atoms with E-state index in [1.54, 1.807) is 12.1 Å². The zero-order chi connectivity index (χ0) is 11.4. The van der Waals surface area contributed by atoms with Crippen LogP contribution in [0.3, 0.4) is 0 Å². The summed E-state index contributed by atoms with van der Waals surface area (Å²) in [5.74, 6) is -0.0500. The molecule has 94 valence electrons. The molecule has 0 spiro atoms. The summed E-state index contributed by atoms with van der Waals surface area (Å²) in [5.41, 5.74) is 7.02. The highest BCUT2D eigenvalue weighted by Gasteiger charge is 2.21. The van der Waals surface area contributed by atoms with Crippen molar-refractivity contribution < 1.29 is 9.53 Å². The highest BCUT2D eigenvalue weighted by Crippen LogP contribution is 2.20. The first-order valence-corrected chi connectivity index (χ1v) is 5.50. The van der Waals surface area contributed by atoms with Crippen molar-refractivity contribution in [3.05, 3.63) is 24.3 Å². The van der Waals surface area contributed by atoms with Gasteiger partial charge in [-0.25, -0.2) is 0 Å². The van der Waals surface area contributed by atoms with Crippen LogP contribution in [0, 0.1) is 5.92 Å². The normalized spacial score (nSPS) is 19.2.